The van der Waals surface area contributed by atoms with Crippen LogP contribution in [-0.2, 0) is 17.8 Å². The molecule has 2 amide bonds. The number of rotatable bonds is 5. The quantitative estimate of drug-likeness (QED) is 0.903. The lowest BCUT2D eigenvalue weighted by atomic mass is 10.1. The van der Waals surface area contributed by atoms with Crippen LogP contribution in [-0.4, -0.2) is 30.8 Å². The van der Waals surface area contributed by atoms with Crippen LogP contribution in [0, 0.1) is 5.82 Å². The van der Waals surface area contributed by atoms with Gasteiger partial charge in [0.1, 0.15) is 5.82 Å². The summed E-state index contributed by atoms with van der Waals surface area (Å²) in [5.74, 6) is -0.955. The molecule has 0 fully saturated rings. The molecule has 2 aromatic rings. The van der Waals surface area contributed by atoms with Crippen molar-refractivity contribution in [1.29, 1.82) is 0 Å². The molecule has 0 aromatic heterocycles. The van der Waals surface area contributed by atoms with Gasteiger partial charge in [-0.3, -0.25) is 9.59 Å². The van der Waals surface area contributed by atoms with Gasteiger partial charge in [-0.2, -0.15) is 0 Å². The number of amides is 2. The molecule has 0 saturated carbocycles. The molecule has 6 heteroatoms. The molecule has 0 radical (unpaired) electrons. The number of nitrogens with one attached hydrogen (secondary N) is 1. The summed E-state index contributed by atoms with van der Waals surface area (Å²) in [6, 6.07) is 11.3. The molecule has 2 aromatic carbocycles. The van der Waals surface area contributed by atoms with Gasteiger partial charge in [-0.15, -0.1) is 0 Å². The SMILES string of the molecule is CN(C)C(=O)c1cccc(CNC(=O)Cc2c(F)cccc2Cl)c1. The average molecular weight is 349 g/mol. The minimum Gasteiger partial charge on any atom is -0.352 e. The second-order valence-electron chi connectivity index (χ2n) is 5.55. The van der Waals surface area contributed by atoms with Crippen LogP contribution >= 0.6 is 11.6 Å². The summed E-state index contributed by atoms with van der Waals surface area (Å²) >= 11 is 5.91. The van der Waals surface area contributed by atoms with E-state index in [1.807, 2.05) is 6.07 Å². The lowest BCUT2D eigenvalue weighted by Gasteiger charge is -2.12. The van der Waals surface area contributed by atoms with E-state index in [-0.39, 0.29) is 35.4 Å². The number of nitrogens with zero attached hydrogens (tertiary/aromatic N) is 1. The Bertz CT molecular complexity index is 742. The number of carbonyl (C=O) groups is 2. The minimum absolute atomic E-state index is 0.110. The molecule has 0 aliphatic carbocycles. The highest BCUT2D eigenvalue weighted by Gasteiger charge is 2.12. The zero-order valence-corrected chi connectivity index (χ0v) is 14.2. The molecular weight excluding hydrogens is 331 g/mol. The van der Waals surface area contributed by atoms with Crippen LogP contribution in [0.2, 0.25) is 5.02 Å². The van der Waals surface area contributed by atoms with Gasteiger partial charge in [-0.05, 0) is 29.8 Å². The summed E-state index contributed by atoms with van der Waals surface area (Å²) in [6.45, 7) is 0.249. The van der Waals surface area contributed by atoms with E-state index in [0.29, 0.717) is 5.56 Å². The van der Waals surface area contributed by atoms with E-state index >= 15 is 0 Å². The number of carbonyl (C=O) groups excluding carboxylic acids is 2. The second kappa shape index (κ2) is 7.93. The molecule has 24 heavy (non-hydrogen) atoms. The van der Waals surface area contributed by atoms with E-state index in [1.165, 1.54) is 17.0 Å². The molecule has 1 N–H and O–H groups in total. The molecule has 0 bridgehead atoms. The van der Waals surface area contributed by atoms with Crippen LogP contribution in [0.3, 0.4) is 0 Å². The average Bonchev–Trinajstić information content (AvgIpc) is 2.56. The molecule has 0 atom stereocenters. The van der Waals surface area contributed by atoms with Crippen molar-refractivity contribution in [3.05, 3.63) is 70.0 Å². The lowest BCUT2D eigenvalue weighted by Crippen LogP contribution is -2.25. The van der Waals surface area contributed by atoms with Gasteiger partial charge in [0, 0.05) is 36.8 Å². The lowest BCUT2D eigenvalue weighted by molar-refractivity contribution is -0.120. The zero-order valence-electron chi connectivity index (χ0n) is 13.5. The van der Waals surface area contributed by atoms with Crippen molar-refractivity contribution in [2.75, 3.05) is 14.1 Å². The van der Waals surface area contributed by atoms with Crippen LogP contribution in [0.5, 0.6) is 0 Å². The molecule has 4 nitrogen and oxygen atoms in total. The summed E-state index contributed by atoms with van der Waals surface area (Å²) in [7, 11) is 3.35. The highest BCUT2D eigenvalue weighted by Crippen LogP contribution is 2.19. The van der Waals surface area contributed by atoms with Crippen molar-refractivity contribution in [3.8, 4) is 0 Å². The normalized spacial score (nSPS) is 10.3. The van der Waals surface area contributed by atoms with Crippen LogP contribution in [0.4, 0.5) is 4.39 Å². The molecular formula is C18H18ClFN2O2. The predicted octanol–water partition coefficient (Wildman–Crippen LogP) is 3.04. The Hall–Kier alpha value is -2.40. The fraction of sp³-hybridized carbons (Fsp3) is 0.222. The standard InChI is InChI=1S/C18H18ClFN2O2/c1-22(2)18(24)13-6-3-5-12(9-13)11-21-17(23)10-14-15(19)7-4-8-16(14)20/h3-9H,10-11H2,1-2H3,(H,21,23). The van der Waals surface area contributed by atoms with Crippen molar-refractivity contribution in [2.24, 2.45) is 0 Å². The van der Waals surface area contributed by atoms with Gasteiger partial charge in [0.25, 0.3) is 5.91 Å². The fourth-order valence-electron chi connectivity index (χ4n) is 2.20. The van der Waals surface area contributed by atoms with Crippen molar-refractivity contribution in [2.45, 2.75) is 13.0 Å². The third kappa shape index (κ3) is 4.55. The Morgan fingerprint density at radius 3 is 2.54 bits per heavy atom. The summed E-state index contributed by atoms with van der Waals surface area (Å²) in [4.78, 5) is 25.4. The van der Waals surface area contributed by atoms with E-state index in [2.05, 4.69) is 5.32 Å². The van der Waals surface area contributed by atoms with E-state index in [9.17, 15) is 14.0 Å². The van der Waals surface area contributed by atoms with Gasteiger partial charge in [0.15, 0.2) is 0 Å². The first-order valence-electron chi connectivity index (χ1n) is 7.38. The van der Waals surface area contributed by atoms with Gasteiger partial charge in [-0.1, -0.05) is 29.8 Å². The van der Waals surface area contributed by atoms with E-state index in [4.69, 9.17) is 11.6 Å². The minimum atomic E-state index is -0.503. The van der Waals surface area contributed by atoms with Gasteiger partial charge >= 0.3 is 0 Å². The first-order valence-corrected chi connectivity index (χ1v) is 7.76. The van der Waals surface area contributed by atoms with Crippen molar-refractivity contribution in [3.63, 3.8) is 0 Å². The molecule has 0 heterocycles. The summed E-state index contributed by atoms with van der Waals surface area (Å²) < 4.78 is 13.7. The Morgan fingerprint density at radius 1 is 1.17 bits per heavy atom. The third-order valence-corrected chi connectivity index (χ3v) is 3.82. The van der Waals surface area contributed by atoms with Crippen LogP contribution < -0.4 is 5.32 Å². The largest absolute Gasteiger partial charge is 0.352 e. The maximum absolute atomic E-state index is 13.7. The fourth-order valence-corrected chi connectivity index (χ4v) is 2.43. The van der Waals surface area contributed by atoms with Gasteiger partial charge in [-0.25, -0.2) is 4.39 Å². The Labute approximate surface area is 145 Å². The Balaban J connectivity index is 1.99. The molecule has 0 spiro atoms. The third-order valence-electron chi connectivity index (χ3n) is 3.47. The van der Waals surface area contributed by atoms with Gasteiger partial charge < -0.3 is 10.2 Å². The second-order valence-corrected chi connectivity index (χ2v) is 5.96. The van der Waals surface area contributed by atoms with Crippen LogP contribution in [0.1, 0.15) is 21.5 Å². The maximum atomic E-state index is 13.7. The predicted molar refractivity (Wildman–Crippen MR) is 91.4 cm³/mol. The van der Waals surface area contributed by atoms with Crippen LogP contribution in [0.15, 0.2) is 42.5 Å². The smallest absolute Gasteiger partial charge is 0.253 e. The first kappa shape index (κ1) is 17.9. The first-order chi connectivity index (χ1) is 11.4. The highest BCUT2D eigenvalue weighted by molar-refractivity contribution is 6.31. The van der Waals surface area contributed by atoms with Gasteiger partial charge in [0.05, 0.1) is 6.42 Å². The van der Waals surface area contributed by atoms with Crippen molar-refractivity contribution >= 4 is 23.4 Å². The highest BCUT2D eigenvalue weighted by atomic mass is 35.5. The monoisotopic (exact) mass is 348 g/mol. The maximum Gasteiger partial charge on any atom is 0.253 e. The Kier molecular flexibility index (Phi) is 5.93. The van der Waals surface area contributed by atoms with E-state index in [1.54, 1.807) is 38.4 Å². The van der Waals surface area contributed by atoms with E-state index in [0.717, 1.165) is 5.56 Å². The molecule has 2 rings (SSSR count). The van der Waals surface area contributed by atoms with Crippen molar-refractivity contribution < 1.29 is 14.0 Å². The number of hydrogen-bond donors (Lipinski definition) is 1. The number of benzene rings is 2. The summed E-state index contributed by atoms with van der Waals surface area (Å²) in [5, 5.41) is 2.93. The molecule has 0 unspecified atom stereocenters. The molecule has 0 saturated heterocycles. The molecule has 0 aliphatic rings. The number of halogens is 2. The topological polar surface area (TPSA) is 49.4 Å². The summed E-state index contributed by atoms with van der Waals surface area (Å²) in [6.07, 6.45) is -0.137. The molecule has 0 aliphatic heterocycles. The van der Waals surface area contributed by atoms with Crippen molar-refractivity contribution in [1.82, 2.24) is 10.2 Å². The number of hydrogen-bond acceptors (Lipinski definition) is 2. The van der Waals surface area contributed by atoms with E-state index < -0.39 is 5.82 Å². The van der Waals surface area contributed by atoms with Gasteiger partial charge in [0.2, 0.25) is 5.91 Å². The van der Waals surface area contributed by atoms with Crippen LogP contribution in [0.25, 0.3) is 0 Å². The summed E-state index contributed by atoms with van der Waals surface area (Å²) in [5.41, 5.74) is 1.51. The zero-order chi connectivity index (χ0) is 17.7. The molecule has 126 valence electrons. The Morgan fingerprint density at radius 2 is 1.88 bits per heavy atom.